The zero-order chi connectivity index (χ0) is 11.2. The number of carboxylic acids is 1. The van der Waals surface area contributed by atoms with Crippen LogP contribution in [-0.2, 0) is 4.79 Å². The Hall–Kier alpha value is -0.770. The lowest BCUT2D eigenvalue weighted by Crippen LogP contribution is -2.34. The number of nitrogens with two attached hydrogens (primary N) is 1. The molecule has 2 rings (SSSR count). The maximum Gasteiger partial charge on any atom is 0.324 e. The summed E-state index contributed by atoms with van der Waals surface area (Å²) in [6, 6.07) is 5.09. The van der Waals surface area contributed by atoms with Crippen molar-refractivity contribution in [1.29, 1.82) is 0 Å². The Bertz CT molecular complexity index is 435. The third kappa shape index (κ3) is 1.71. The molecule has 1 saturated carbocycles. The Kier molecular flexibility index (Phi) is 2.41. The van der Waals surface area contributed by atoms with Gasteiger partial charge in [-0.15, -0.1) is 0 Å². The molecule has 0 spiro atoms. The number of hydrogen-bond acceptors (Lipinski definition) is 2. The lowest BCUT2D eigenvalue weighted by Gasteiger charge is -2.06. The molecule has 1 aromatic rings. The lowest BCUT2D eigenvalue weighted by molar-refractivity contribution is -0.139. The third-order valence-electron chi connectivity index (χ3n) is 2.75. The van der Waals surface area contributed by atoms with Crippen LogP contribution in [-0.4, -0.2) is 16.6 Å². The molecule has 0 unspecified atom stereocenters. The van der Waals surface area contributed by atoms with Gasteiger partial charge in [0.15, 0.2) is 0 Å². The molecule has 1 aliphatic carbocycles. The fourth-order valence-corrected chi connectivity index (χ4v) is 1.97. The third-order valence-corrected chi connectivity index (χ3v) is 3.49. The molecule has 0 aromatic heterocycles. The number of aliphatic carboxylic acids is 1. The van der Waals surface area contributed by atoms with Gasteiger partial charge in [-0.05, 0) is 24.1 Å². The van der Waals surface area contributed by atoms with E-state index in [0.717, 1.165) is 5.56 Å². The van der Waals surface area contributed by atoms with Crippen LogP contribution in [0.1, 0.15) is 17.9 Å². The van der Waals surface area contributed by atoms with Crippen LogP contribution in [0.5, 0.6) is 0 Å². The number of rotatable bonds is 2. The van der Waals surface area contributed by atoms with Gasteiger partial charge < -0.3 is 10.8 Å². The molecule has 5 heteroatoms. The smallest absolute Gasteiger partial charge is 0.324 e. The van der Waals surface area contributed by atoms with E-state index in [0.29, 0.717) is 16.5 Å². The van der Waals surface area contributed by atoms with Gasteiger partial charge in [0.25, 0.3) is 0 Å². The molecule has 1 fully saturated rings. The quantitative estimate of drug-likeness (QED) is 0.841. The summed E-state index contributed by atoms with van der Waals surface area (Å²) in [6.45, 7) is 0. The SMILES string of the molecule is N[C@]1(C(=O)O)C[C@@H]1c1ccc(Cl)c(Cl)c1. The molecular formula is C10H9Cl2NO2. The molecule has 0 aliphatic heterocycles. The molecule has 2 atom stereocenters. The molecule has 15 heavy (non-hydrogen) atoms. The Labute approximate surface area is 96.8 Å². The highest BCUT2D eigenvalue weighted by molar-refractivity contribution is 6.42. The molecule has 0 amide bonds. The summed E-state index contributed by atoms with van der Waals surface area (Å²) in [6.07, 6.45) is 0.445. The first kappa shape index (κ1) is 10.7. The van der Waals surface area contributed by atoms with Crippen LogP contribution in [0.2, 0.25) is 10.0 Å². The van der Waals surface area contributed by atoms with Crippen LogP contribution in [0.4, 0.5) is 0 Å². The van der Waals surface area contributed by atoms with E-state index in [1.807, 2.05) is 0 Å². The second-order valence-corrected chi connectivity index (χ2v) is 4.59. The molecular weight excluding hydrogens is 237 g/mol. The van der Waals surface area contributed by atoms with Gasteiger partial charge in [-0.1, -0.05) is 29.3 Å². The highest BCUT2D eigenvalue weighted by Crippen LogP contribution is 2.50. The molecule has 0 heterocycles. The lowest BCUT2D eigenvalue weighted by atomic mass is 10.1. The number of hydrogen-bond donors (Lipinski definition) is 2. The van der Waals surface area contributed by atoms with E-state index in [4.69, 9.17) is 34.0 Å². The largest absolute Gasteiger partial charge is 0.480 e. The molecule has 3 nitrogen and oxygen atoms in total. The van der Waals surface area contributed by atoms with Crippen molar-refractivity contribution in [3.63, 3.8) is 0 Å². The van der Waals surface area contributed by atoms with E-state index >= 15 is 0 Å². The minimum atomic E-state index is -1.13. The minimum absolute atomic E-state index is 0.162. The summed E-state index contributed by atoms with van der Waals surface area (Å²) in [4.78, 5) is 10.8. The monoisotopic (exact) mass is 245 g/mol. The van der Waals surface area contributed by atoms with Crippen LogP contribution < -0.4 is 5.73 Å². The maximum atomic E-state index is 10.8. The van der Waals surface area contributed by atoms with Crippen LogP contribution in [0, 0.1) is 0 Å². The number of carbonyl (C=O) groups is 1. The molecule has 80 valence electrons. The summed E-state index contributed by atoms with van der Waals surface area (Å²) in [5.74, 6) is -1.14. The first-order valence-electron chi connectivity index (χ1n) is 4.42. The number of carboxylic acid groups (broad SMARTS) is 1. The van der Waals surface area contributed by atoms with Gasteiger partial charge in [-0.3, -0.25) is 4.79 Å². The van der Waals surface area contributed by atoms with Crippen LogP contribution >= 0.6 is 23.2 Å². The molecule has 0 bridgehead atoms. The van der Waals surface area contributed by atoms with Gasteiger partial charge in [0, 0.05) is 5.92 Å². The van der Waals surface area contributed by atoms with E-state index < -0.39 is 11.5 Å². The van der Waals surface area contributed by atoms with E-state index in [9.17, 15) is 4.79 Å². The minimum Gasteiger partial charge on any atom is -0.480 e. The first-order chi connectivity index (χ1) is 6.95. The molecule has 0 radical (unpaired) electrons. The van der Waals surface area contributed by atoms with E-state index in [1.54, 1.807) is 18.2 Å². The van der Waals surface area contributed by atoms with Crippen molar-refractivity contribution in [2.24, 2.45) is 5.73 Å². The average Bonchev–Trinajstić information content (AvgIpc) is 2.85. The highest BCUT2D eigenvalue weighted by Gasteiger charge is 2.58. The number of halogens is 2. The van der Waals surface area contributed by atoms with Crippen molar-refractivity contribution in [3.8, 4) is 0 Å². The van der Waals surface area contributed by atoms with Gasteiger partial charge >= 0.3 is 5.97 Å². The highest BCUT2D eigenvalue weighted by atomic mass is 35.5. The van der Waals surface area contributed by atoms with Crippen LogP contribution in [0.3, 0.4) is 0 Å². The van der Waals surface area contributed by atoms with Crippen molar-refractivity contribution in [2.75, 3.05) is 0 Å². The van der Waals surface area contributed by atoms with Crippen molar-refractivity contribution in [1.82, 2.24) is 0 Å². The van der Waals surface area contributed by atoms with Crippen molar-refractivity contribution in [3.05, 3.63) is 33.8 Å². The normalized spacial score (nSPS) is 28.9. The first-order valence-corrected chi connectivity index (χ1v) is 5.18. The molecule has 3 N–H and O–H groups in total. The standard InChI is InChI=1S/C10H9Cl2NO2/c11-7-2-1-5(3-8(7)12)6-4-10(6,13)9(14)15/h1-3,6H,4,13H2,(H,14,15)/t6-,10-/m1/s1. The van der Waals surface area contributed by atoms with Gasteiger partial charge in [0.1, 0.15) is 5.54 Å². The Balaban J connectivity index is 2.27. The Morgan fingerprint density at radius 2 is 2.13 bits per heavy atom. The zero-order valence-corrected chi connectivity index (χ0v) is 9.22. The summed E-state index contributed by atoms with van der Waals surface area (Å²) in [5.41, 5.74) is 5.38. The Morgan fingerprint density at radius 3 is 2.60 bits per heavy atom. The van der Waals surface area contributed by atoms with Gasteiger partial charge in [-0.2, -0.15) is 0 Å². The van der Waals surface area contributed by atoms with Crippen molar-refractivity contribution in [2.45, 2.75) is 17.9 Å². The van der Waals surface area contributed by atoms with Crippen molar-refractivity contribution < 1.29 is 9.90 Å². The van der Waals surface area contributed by atoms with Gasteiger partial charge in [-0.25, -0.2) is 0 Å². The van der Waals surface area contributed by atoms with Gasteiger partial charge in [0.05, 0.1) is 10.0 Å². The summed E-state index contributed by atoms with van der Waals surface area (Å²) < 4.78 is 0. The fraction of sp³-hybridized carbons (Fsp3) is 0.300. The predicted octanol–water partition coefficient (Wildman–Crippen LogP) is 2.26. The topological polar surface area (TPSA) is 63.3 Å². The van der Waals surface area contributed by atoms with Crippen molar-refractivity contribution >= 4 is 29.2 Å². The maximum absolute atomic E-state index is 10.8. The average molecular weight is 246 g/mol. The second-order valence-electron chi connectivity index (χ2n) is 3.78. The molecule has 1 aromatic carbocycles. The summed E-state index contributed by atoms with van der Waals surface area (Å²) in [7, 11) is 0. The van der Waals surface area contributed by atoms with E-state index in [1.165, 1.54) is 0 Å². The second kappa shape index (κ2) is 3.37. The molecule has 0 saturated heterocycles. The van der Waals surface area contributed by atoms with Crippen LogP contribution in [0.25, 0.3) is 0 Å². The zero-order valence-electron chi connectivity index (χ0n) is 7.71. The summed E-state index contributed by atoms with van der Waals surface area (Å²) >= 11 is 11.6. The van der Waals surface area contributed by atoms with E-state index in [-0.39, 0.29) is 5.92 Å². The fourth-order valence-electron chi connectivity index (χ4n) is 1.66. The predicted molar refractivity (Wildman–Crippen MR) is 58.4 cm³/mol. The van der Waals surface area contributed by atoms with Crippen LogP contribution in [0.15, 0.2) is 18.2 Å². The summed E-state index contributed by atoms with van der Waals surface area (Å²) in [5, 5.41) is 9.77. The number of benzene rings is 1. The Morgan fingerprint density at radius 1 is 1.47 bits per heavy atom. The van der Waals surface area contributed by atoms with Gasteiger partial charge in [0.2, 0.25) is 0 Å². The molecule has 1 aliphatic rings. The van der Waals surface area contributed by atoms with E-state index in [2.05, 4.69) is 0 Å².